The zero-order valence-electron chi connectivity index (χ0n) is 7.07. The molecule has 0 atom stereocenters. The largest absolute Gasteiger partial charge is 0.398 e. The van der Waals surface area contributed by atoms with Crippen molar-refractivity contribution >= 4 is 18.0 Å². The number of hydrogen-bond acceptors (Lipinski definition) is 3. The zero-order valence-corrected chi connectivity index (χ0v) is 7.07. The molecule has 0 unspecified atom stereocenters. The van der Waals surface area contributed by atoms with Crippen LogP contribution in [0.25, 0.3) is 12.3 Å². The van der Waals surface area contributed by atoms with Crippen LogP contribution in [0.1, 0.15) is 0 Å². The van der Waals surface area contributed by atoms with Gasteiger partial charge in [0.05, 0.1) is 11.9 Å². The predicted molar refractivity (Wildman–Crippen MR) is 53.0 cm³/mol. The van der Waals surface area contributed by atoms with E-state index in [1.54, 1.807) is 6.20 Å². The van der Waals surface area contributed by atoms with Gasteiger partial charge in [0.1, 0.15) is 0 Å². The standard InChI is InChI=1S/C10H9N3/c1-7-2-3-8(6-9(7)11)10-4-5-12-13-10/h2-6H,1,11H2. The molecular formula is C10H9N3. The van der Waals surface area contributed by atoms with E-state index in [2.05, 4.69) is 16.8 Å². The van der Waals surface area contributed by atoms with Gasteiger partial charge in [0.15, 0.2) is 0 Å². The lowest BCUT2D eigenvalue weighted by atomic mass is 10.2. The number of nitrogens with two attached hydrogens (primary N) is 1. The molecule has 2 rings (SSSR count). The molecule has 2 N–H and O–H groups in total. The van der Waals surface area contributed by atoms with Gasteiger partial charge < -0.3 is 5.73 Å². The van der Waals surface area contributed by atoms with Crippen molar-refractivity contribution in [2.24, 2.45) is 10.2 Å². The molecule has 3 nitrogen and oxygen atoms in total. The first-order valence-electron chi connectivity index (χ1n) is 3.93. The fourth-order valence-corrected chi connectivity index (χ4v) is 1.14. The van der Waals surface area contributed by atoms with Crippen LogP contribution in [-0.4, -0.2) is 0 Å². The fraction of sp³-hybridized carbons (Fsp3) is 0. The van der Waals surface area contributed by atoms with Gasteiger partial charge in [0.2, 0.25) is 0 Å². The first-order chi connectivity index (χ1) is 6.27. The van der Waals surface area contributed by atoms with E-state index in [0.29, 0.717) is 5.69 Å². The number of nitrogen functional groups attached to an aromatic ring is 1. The molecule has 0 saturated carbocycles. The molecule has 0 bridgehead atoms. The van der Waals surface area contributed by atoms with Gasteiger partial charge in [0, 0.05) is 10.9 Å². The Morgan fingerprint density at radius 2 is 2.15 bits per heavy atom. The highest BCUT2D eigenvalue weighted by molar-refractivity contribution is 5.58. The summed E-state index contributed by atoms with van der Waals surface area (Å²) in [6.07, 6.45) is 3.50. The number of rotatable bonds is 0. The molecule has 0 amide bonds. The van der Waals surface area contributed by atoms with Gasteiger partial charge in [-0.1, -0.05) is 18.7 Å². The number of nitrogens with zero attached hydrogens (tertiary/aromatic N) is 2. The molecule has 0 radical (unpaired) electrons. The molecule has 13 heavy (non-hydrogen) atoms. The molecule has 1 heterocycles. The highest BCUT2D eigenvalue weighted by Gasteiger charge is 1.96. The van der Waals surface area contributed by atoms with Gasteiger partial charge >= 0.3 is 0 Å². The van der Waals surface area contributed by atoms with Crippen molar-refractivity contribution in [2.45, 2.75) is 0 Å². The van der Waals surface area contributed by atoms with Gasteiger partial charge in [-0.15, -0.1) is 0 Å². The third-order valence-corrected chi connectivity index (χ3v) is 1.91. The Labute approximate surface area is 75.6 Å². The Kier molecular flexibility index (Phi) is 1.70. The highest BCUT2D eigenvalue weighted by atomic mass is 15.1. The van der Waals surface area contributed by atoms with Crippen LogP contribution in [-0.2, 0) is 0 Å². The number of anilines is 1. The van der Waals surface area contributed by atoms with Crippen LogP contribution in [0.2, 0.25) is 0 Å². The van der Waals surface area contributed by atoms with E-state index in [0.717, 1.165) is 16.1 Å². The lowest BCUT2D eigenvalue weighted by molar-refractivity contribution is 1.29. The van der Waals surface area contributed by atoms with Crippen molar-refractivity contribution in [3.8, 4) is 0 Å². The molecule has 1 aliphatic heterocycles. The van der Waals surface area contributed by atoms with Crippen LogP contribution in [0.5, 0.6) is 0 Å². The maximum atomic E-state index is 5.72. The number of azo groups is 1. The second kappa shape index (κ2) is 2.86. The SMILES string of the molecule is C=c1ccc(=C2C=CN=N2)cc1N. The maximum Gasteiger partial charge on any atom is 0.0945 e. The Morgan fingerprint density at radius 1 is 1.31 bits per heavy atom. The van der Waals surface area contributed by atoms with Crippen LogP contribution in [0, 0.1) is 0 Å². The van der Waals surface area contributed by atoms with Crippen LogP contribution in [0.3, 0.4) is 0 Å². The second-order valence-corrected chi connectivity index (χ2v) is 2.83. The molecule has 64 valence electrons. The molecule has 1 aromatic rings. The summed E-state index contributed by atoms with van der Waals surface area (Å²) in [6.45, 7) is 3.78. The Balaban J connectivity index is 2.73. The molecule has 0 spiro atoms. The first-order valence-corrected chi connectivity index (χ1v) is 3.93. The highest BCUT2D eigenvalue weighted by Crippen LogP contribution is 2.06. The zero-order chi connectivity index (χ0) is 9.26. The van der Waals surface area contributed by atoms with E-state index in [1.165, 1.54) is 0 Å². The van der Waals surface area contributed by atoms with E-state index in [4.69, 9.17) is 5.73 Å². The van der Waals surface area contributed by atoms with E-state index in [-0.39, 0.29) is 0 Å². The monoisotopic (exact) mass is 171 g/mol. The predicted octanol–water partition coefficient (Wildman–Crippen LogP) is 0.767. The van der Waals surface area contributed by atoms with Crippen molar-refractivity contribution in [3.63, 3.8) is 0 Å². The molecule has 1 aliphatic rings. The van der Waals surface area contributed by atoms with Crippen molar-refractivity contribution in [1.29, 1.82) is 0 Å². The van der Waals surface area contributed by atoms with Gasteiger partial charge in [0.25, 0.3) is 0 Å². The smallest absolute Gasteiger partial charge is 0.0945 e. The maximum absolute atomic E-state index is 5.72. The topological polar surface area (TPSA) is 50.7 Å². The first kappa shape index (κ1) is 7.73. The molecule has 1 aromatic carbocycles. The summed E-state index contributed by atoms with van der Waals surface area (Å²) < 4.78 is 0. The summed E-state index contributed by atoms with van der Waals surface area (Å²) in [6, 6.07) is 5.66. The van der Waals surface area contributed by atoms with Crippen molar-refractivity contribution in [1.82, 2.24) is 0 Å². The van der Waals surface area contributed by atoms with Gasteiger partial charge in [-0.05, 0) is 17.4 Å². The minimum absolute atomic E-state index is 0.681. The number of benzene rings is 1. The van der Waals surface area contributed by atoms with Crippen LogP contribution in [0.4, 0.5) is 5.69 Å². The summed E-state index contributed by atoms with van der Waals surface area (Å²) in [7, 11) is 0. The molecule has 3 heteroatoms. The van der Waals surface area contributed by atoms with Gasteiger partial charge in [-0.25, -0.2) is 0 Å². The Morgan fingerprint density at radius 3 is 2.77 bits per heavy atom. The Hall–Kier alpha value is -1.90. The van der Waals surface area contributed by atoms with E-state index in [9.17, 15) is 0 Å². The quantitative estimate of drug-likeness (QED) is 0.576. The molecule has 0 fully saturated rings. The average Bonchev–Trinajstić information content (AvgIpc) is 2.62. The third-order valence-electron chi connectivity index (χ3n) is 1.91. The van der Waals surface area contributed by atoms with Gasteiger partial charge in [-0.3, -0.25) is 0 Å². The van der Waals surface area contributed by atoms with E-state index < -0.39 is 0 Å². The lowest BCUT2D eigenvalue weighted by Crippen LogP contribution is -2.13. The fourth-order valence-electron chi connectivity index (χ4n) is 1.14. The van der Waals surface area contributed by atoms with Crippen LogP contribution < -0.4 is 16.2 Å². The van der Waals surface area contributed by atoms with Crippen molar-refractivity contribution in [3.05, 3.63) is 40.9 Å². The van der Waals surface area contributed by atoms with Gasteiger partial charge in [-0.2, -0.15) is 10.2 Å². The molecule has 0 aliphatic carbocycles. The van der Waals surface area contributed by atoms with E-state index in [1.807, 2.05) is 24.3 Å². The van der Waals surface area contributed by atoms with Crippen LogP contribution >= 0.6 is 0 Å². The average molecular weight is 171 g/mol. The summed E-state index contributed by atoms with van der Waals surface area (Å²) >= 11 is 0. The summed E-state index contributed by atoms with van der Waals surface area (Å²) in [4.78, 5) is 0. The summed E-state index contributed by atoms with van der Waals surface area (Å²) in [5, 5.41) is 9.49. The van der Waals surface area contributed by atoms with Crippen molar-refractivity contribution in [2.75, 3.05) is 5.73 Å². The normalized spacial score (nSPS) is 18.2. The third kappa shape index (κ3) is 1.36. The lowest BCUT2D eigenvalue weighted by Gasteiger charge is -1.94. The molecule has 0 aromatic heterocycles. The minimum atomic E-state index is 0.681. The van der Waals surface area contributed by atoms with Crippen LogP contribution in [0.15, 0.2) is 40.7 Å². The Bertz CT molecular complexity index is 483. The van der Waals surface area contributed by atoms with E-state index >= 15 is 0 Å². The summed E-state index contributed by atoms with van der Waals surface area (Å²) in [5.41, 5.74) is 7.24. The summed E-state index contributed by atoms with van der Waals surface area (Å²) in [5.74, 6) is 0. The second-order valence-electron chi connectivity index (χ2n) is 2.83. The van der Waals surface area contributed by atoms with Crippen molar-refractivity contribution < 1.29 is 0 Å². The molecule has 0 saturated heterocycles. The molecular weight excluding hydrogens is 162 g/mol. The minimum Gasteiger partial charge on any atom is -0.398 e. The number of hydrogen-bond donors (Lipinski definition) is 1.